The third-order valence-electron chi connectivity index (χ3n) is 3.20. The van der Waals surface area contributed by atoms with Gasteiger partial charge in [0, 0.05) is 12.1 Å². The molecule has 0 heterocycles. The molecule has 4 heteroatoms. The van der Waals surface area contributed by atoms with E-state index in [1.807, 2.05) is 20.0 Å². The van der Waals surface area contributed by atoms with Gasteiger partial charge in [0.15, 0.2) is 0 Å². The van der Waals surface area contributed by atoms with Gasteiger partial charge in [0.1, 0.15) is 11.5 Å². The zero-order valence-electron chi connectivity index (χ0n) is 12.7. The molecule has 0 amide bonds. The van der Waals surface area contributed by atoms with Crippen LogP contribution in [0, 0.1) is 6.92 Å². The van der Waals surface area contributed by atoms with Gasteiger partial charge >= 0.3 is 0 Å². The molecule has 0 atom stereocenters. The van der Waals surface area contributed by atoms with Crippen LogP contribution in [-0.4, -0.2) is 46.3 Å². The summed E-state index contributed by atoms with van der Waals surface area (Å²) in [5.41, 5.74) is 2.26. The first-order valence-corrected chi connectivity index (χ1v) is 6.67. The van der Waals surface area contributed by atoms with Crippen molar-refractivity contribution < 1.29 is 9.47 Å². The SMILES string of the molecule is CNCCCN(C)Cc1cc(OC)c(C)cc1OC. The van der Waals surface area contributed by atoms with Crippen LogP contribution in [-0.2, 0) is 6.54 Å². The normalized spacial score (nSPS) is 10.8. The minimum absolute atomic E-state index is 0.865. The molecule has 1 aromatic carbocycles. The molecular weight excluding hydrogens is 240 g/mol. The smallest absolute Gasteiger partial charge is 0.123 e. The Morgan fingerprint density at radius 3 is 2.42 bits per heavy atom. The average molecular weight is 266 g/mol. The lowest BCUT2D eigenvalue weighted by molar-refractivity contribution is 0.311. The summed E-state index contributed by atoms with van der Waals surface area (Å²) < 4.78 is 10.8. The number of aryl methyl sites for hydroxylation is 1. The van der Waals surface area contributed by atoms with Crippen LogP contribution in [0.15, 0.2) is 12.1 Å². The first-order chi connectivity index (χ1) is 9.12. The van der Waals surface area contributed by atoms with Crippen molar-refractivity contribution in [3.8, 4) is 11.5 Å². The molecule has 0 spiro atoms. The van der Waals surface area contributed by atoms with Crippen molar-refractivity contribution in [2.75, 3.05) is 41.4 Å². The predicted octanol–water partition coefficient (Wildman–Crippen LogP) is 2.05. The molecule has 0 aromatic heterocycles. The van der Waals surface area contributed by atoms with Crippen LogP contribution < -0.4 is 14.8 Å². The molecule has 0 aliphatic heterocycles. The number of nitrogens with one attached hydrogen (secondary N) is 1. The summed E-state index contributed by atoms with van der Waals surface area (Å²) >= 11 is 0. The predicted molar refractivity (Wildman–Crippen MR) is 79.2 cm³/mol. The summed E-state index contributed by atoms with van der Waals surface area (Å²) in [6.07, 6.45) is 1.14. The van der Waals surface area contributed by atoms with E-state index in [2.05, 4.69) is 23.3 Å². The molecule has 1 rings (SSSR count). The van der Waals surface area contributed by atoms with E-state index in [-0.39, 0.29) is 0 Å². The van der Waals surface area contributed by atoms with Crippen molar-refractivity contribution in [1.29, 1.82) is 0 Å². The number of ether oxygens (including phenoxy) is 2. The second-order valence-corrected chi connectivity index (χ2v) is 4.83. The number of methoxy groups -OCH3 is 2. The van der Waals surface area contributed by atoms with E-state index in [1.165, 1.54) is 0 Å². The molecule has 108 valence electrons. The highest BCUT2D eigenvalue weighted by Crippen LogP contribution is 2.28. The molecule has 1 aromatic rings. The third kappa shape index (κ3) is 4.73. The Morgan fingerprint density at radius 2 is 1.84 bits per heavy atom. The summed E-state index contributed by atoms with van der Waals surface area (Å²) in [4.78, 5) is 2.30. The summed E-state index contributed by atoms with van der Waals surface area (Å²) in [5, 5.41) is 3.16. The van der Waals surface area contributed by atoms with Crippen LogP contribution in [0.4, 0.5) is 0 Å². The van der Waals surface area contributed by atoms with Gasteiger partial charge in [0.25, 0.3) is 0 Å². The van der Waals surface area contributed by atoms with Crippen molar-refractivity contribution in [3.05, 3.63) is 23.3 Å². The van der Waals surface area contributed by atoms with Gasteiger partial charge in [-0.25, -0.2) is 0 Å². The molecule has 0 bridgehead atoms. The maximum atomic E-state index is 5.46. The van der Waals surface area contributed by atoms with E-state index in [0.717, 1.165) is 48.7 Å². The fraction of sp³-hybridized carbons (Fsp3) is 0.600. The Balaban J connectivity index is 2.75. The maximum absolute atomic E-state index is 5.46. The van der Waals surface area contributed by atoms with Gasteiger partial charge in [-0.3, -0.25) is 0 Å². The summed E-state index contributed by atoms with van der Waals surface area (Å²) in [7, 11) is 7.52. The summed E-state index contributed by atoms with van der Waals surface area (Å²) in [6, 6.07) is 4.11. The first kappa shape index (κ1) is 15.8. The lowest BCUT2D eigenvalue weighted by atomic mass is 10.1. The lowest BCUT2D eigenvalue weighted by Gasteiger charge is -2.19. The Labute approximate surface area is 116 Å². The first-order valence-electron chi connectivity index (χ1n) is 6.67. The molecule has 0 radical (unpaired) electrons. The zero-order chi connectivity index (χ0) is 14.3. The van der Waals surface area contributed by atoms with Gasteiger partial charge in [-0.05, 0) is 58.2 Å². The highest BCUT2D eigenvalue weighted by atomic mass is 16.5. The molecule has 19 heavy (non-hydrogen) atoms. The molecular formula is C15H26N2O2. The Kier molecular flexibility index (Phi) is 6.67. The number of benzene rings is 1. The minimum Gasteiger partial charge on any atom is -0.496 e. The number of nitrogens with zero attached hydrogens (tertiary/aromatic N) is 1. The second-order valence-electron chi connectivity index (χ2n) is 4.83. The largest absolute Gasteiger partial charge is 0.496 e. The number of hydrogen-bond acceptors (Lipinski definition) is 4. The van der Waals surface area contributed by atoms with E-state index in [9.17, 15) is 0 Å². The second kappa shape index (κ2) is 8.02. The molecule has 0 aliphatic carbocycles. The van der Waals surface area contributed by atoms with Gasteiger partial charge < -0.3 is 19.7 Å². The van der Waals surface area contributed by atoms with Crippen molar-refractivity contribution in [2.24, 2.45) is 0 Å². The lowest BCUT2D eigenvalue weighted by Crippen LogP contribution is -2.22. The Morgan fingerprint density at radius 1 is 1.16 bits per heavy atom. The molecule has 1 N–H and O–H groups in total. The topological polar surface area (TPSA) is 33.7 Å². The molecule has 0 fully saturated rings. The Bertz CT molecular complexity index is 394. The van der Waals surface area contributed by atoms with Gasteiger partial charge in [-0.1, -0.05) is 0 Å². The average Bonchev–Trinajstić information content (AvgIpc) is 2.40. The van der Waals surface area contributed by atoms with Crippen molar-refractivity contribution in [2.45, 2.75) is 19.9 Å². The fourth-order valence-corrected chi connectivity index (χ4v) is 2.13. The van der Waals surface area contributed by atoms with E-state index in [1.54, 1.807) is 14.2 Å². The van der Waals surface area contributed by atoms with Gasteiger partial charge in [-0.15, -0.1) is 0 Å². The highest BCUT2D eigenvalue weighted by Gasteiger charge is 2.10. The van der Waals surface area contributed by atoms with Crippen LogP contribution >= 0.6 is 0 Å². The van der Waals surface area contributed by atoms with E-state index < -0.39 is 0 Å². The van der Waals surface area contributed by atoms with Gasteiger partial charge in [0.05, 0.1) is 14.2 Å². The molecule has 0 unspecified atom stereocenters. The number of rotatable bonds is 8. The van der Waals surface area contributed by atoms with E-state index >= 15 is 0 Å². The van der Waals surface area contributed by atoms with Crippen LogP contribution in [0.25, 0.3) is 0 Å². The van der Waals surface area contributed by atoms with Crippen molar-refractivity contribution in [1.82, 2.24) is 10.2 Å². The van der Waals surface area contributed by atoms with Gasteiger partial charge in [0.2, 0.25) is 0 Å². The van der Waals surface area contributed by atoms with Crippen LogP contribution in [0.5, 0.6) is 11.5 Å². The summed E-state index contributed by atoms with van der Waals surface area (Å²) in [6.45, 7) is 4.99. The fourth-order valence-electron chi connectivity index (χ4n) is 2.13. The van der Waals surface area contributed by atoms with Crippen LogP contribution in [0.2, 0.25) is 0 Å². The maximum Gasteiger partial charge on any atom is 0.123 e. The monoisotopic (exact) mass is 266 g/mol. The van der Waals surface area contributed by atoms with Crippen LogP contribution in [0.1, 0.15) is 17.5 Å². The quantitative estimate of drug-likeness (QED) is 0.730. The van der Waals surface area contributed by atoms with Crippen molar-refractivity contribution in [3.63, 3.8) is 0 Å². The molecule has 0 saturated carbocycles. The molecule has 4 nitrogen and oxygen atoms in total. The van der Waals surface area contributed by atoms with E-state index in [0.29, 0.717) is 0 Å². The highest BCUT2D eigenvalue weighted by molar-refractivity contribution is 5.45. The third-order valence-corrected chi connectivity index (χ3v) is 3.20. The standard InChI is InChI=1S/C15H26N2O2/c1-12-9-15(19-5)13(10-14(12)18-4)11-17(3)8-6-7-16-2/h9-10,16H,6-8,11H2,1-5H3. The molecule has 0 aliphatic rings. The Hall–Kier alpha value is -1.26. The van der Waals surface area contributed by atoms with Crippen LogP contribution in [0.3, 0.4) is 0 Å². The summed E-state index contributed by atoms with van der Waals surface area (Å²) in [5.74, 6) is 1.85. The minimum atomic E-state index is 0.865. The molecule has 0 saturated heterocycles. The number of hydrogen-bond donors (Lipinski definition) is 1. The van der Waals surface area contributed by atoms with Gasteiger partial charge in [-0.2, -0.15) is 0 Å². The van der Waals surface area contributed by atoms with Crippen molar-refractivity contribution >= 4 is 0 Å². The van der Waals surface area contributed by atoms with E-state index in [4.69, 9.17) is 9.47 Å². The zero-order valence-corrected chi connectivity index (χ0v) is 12.7.